The summed E-state index contributed by atoms with van der Waals surface area (Å²) >= 11 is 0. The number of hydrogen-bond acceptors (Lipinski definition) is 4. The van der Waals surface area contributed by atoms with Crippen molar-refractivity contribution in [3.63, 3.8) is 0 Å². The minimum absolute atomic E-state index is 0. The van der Waals surface area contributed by atoms with Crippen LogP contribution in [0.25, 0.3) is 0 Å². The number of aliphatic imine (C=N–C) groups is 1. The second-order valence-corrected chi connectivity index (χ2v) is 7.57. The monoisotopic (exact) mass is 485 g/mol. The van der Waals surface area contributed by atoms with Gasteiger partial charge in [0.1, 0.15) is 5.76 Å². The maximum atomic E-state index is 5.81. The van der Waals surface area contributed by atoms with Gasteiger partial charge in [0.25, 0.3) is 0 Å². The van der Waals surface area contributed by atoms with E-state index in [9.17, 15) is 0 Å². The number of likely N-dealkylation sites (N-methyl/N-ethyl adjacent to an activating group) is 1. The highest BCUT2D eigenvalue weighted by Crippen LogP contribution is 2.22. The zero-order valence-corrected chi connectivity index (χ0v) is 19.4. The molecule has 2 N–H and O–H groups in total. The van der Waals surface area contributed by atoms with Crippen LogP contribution in [-0.4, -0.2) is 43.5 Å². The Hall–Kier alpha value is -1.61. The molecule has 1 aromatic carbocycles. The molecule has 0 aliphatic carbocycles. The Balaban J connectivity index is 0.00000364. The van der Waals surface area contributed by atoms with E-state index in [4.69, 9.17) is 4.42 Å². The maximum Gasteiger partial charge on any atom is 0.213 e. The van der Waals surface area contributed by atoms with Crippen LogP contribution in [0.4, 0.5) is 0 Å². The van der Waals surface area contributed by atoms with Gasteiger partial charge >= 0.3 is 0 Å². The molecule has 0 amide bonds. The molecule has 0 aliphatic heterocycles. The average molecular weight is 485 g/mol. The van der Waals surface area contributed by atoms with Crippen LogP contribution in [0.15, 0.2) is 45.9 Å². The predicted molar refractivity (Wildman–Crippen MR) is 122 cm³/mol. The van der Waals surface area contributed by atoms with Crippen LogP contribution in [0.3, 0.4) is 0 Å². The zero-order valence-electron chi connectivity index (χ0n) is 17.1. The number of hydrogen-bond donors (Lipinski definition) is 2. The minimum atomic E-state index is -0.0419. The van der Waals surface area contributed by atoms with Crippen LogP contribution < -0.4 is 10.6 Å². The number of nitrogens with one attached hydrogen (secondary N) is 2. The van der Waals surface area contributed by atoms with Crippen LogP contribution in [0.5, 0.6) is 0 Å². The van der Waals surface area contributed by atoms with Gasteiger partial charge in [0.05, 0.1) is 18.8 Å². The van der Waals surface area contributed by atoms with Crippen LogP contribution >= 0.6 is 24.0 Å². The van der Waals surface area contributed by atoms with Crippen LogP contribution in [0.1, 0.15) is 44.0 Å². The lowest BCUT2D eigenvalue weighted by atomic mass is 9.94. The number of halogens is 1. The summed E-state index contributed by atoms with van der Waals surface area (Å²) in [6.07, 6.45) is 1.80. The first-order valence-corrected chi connectivity index (χ1v) is 8.92. The van der Waals surface area contributed by atoms with Crippen LogP contribution in [-0.2, 0) is 12.0 Å². The van der Waals surface area contributed by atoms with Crippen LogP contribution in [0, 0.1) is 0 Å². The summed E-state index contributed by atoms with van der Waals surface area (Å²) in [5.74, 6) is 2.27. The molecular weight excluding hydrogens is 453 g/mol. The molecule has 2 rings (SSSR count). The molecule has 1 unspecified atom stereocenters. The van der Waals surface area contributed by atoms with Gasteiger partial charge in [-0.15, -0.1) is 24.0 Å². The Morgan fingerprint density at radius 1 is 1.19 bits per heavy atom. The topological polar surface area (TPSA) is 65.7 Å². The van der Waals surface area contributed by atoms with E-state index >= 15 is 0 Å². The van der Waals surface area contributed by atoms with Gasteiger partial charge in [-0.2, -0.15) is 0 Å². The first kappa shape index (κ1) is 23.4. The van der Waals surface area contributed by atoms with E-state index in [1.807, 2.05) is 6.07 Å². The summed E-state index contributed by atoms with van der Waals surface area (Å²) in [5, 5.41) is 6.64. The molecular formula is C20H32IN5O. The van der Waals surface area contributed by atoms with Crippen molar-refractivity contribution in [3.05, 3.63) is 53.7 Å². The lowest BCUT2D eigenvalue weighted by Crippen LogP contribution is -2.41. The van der Waals surface area contributed by atoms with Crippen molar-refractivity contribution in [3.8, 4) is 0 Å². The summed E-state index contributed by atoms with van der Waals surface area (Å²) in [7, 11) is 5.92. The van der Waals surface area contributed by atoms with Crippen molar-refractivity contribution in [2.45, 2.75) is 38.8 Å². The van der Waals surface area contributed by atoms with Crippen molar-refractivity contribution in [1.82, 2.24) is 20.5 Å². The molecule has 0 aliphatic rings. The van der Waals surface area contributed by atoms with E-state index in [1.54, 1.807) is 13.2 Å². The first-order valence-electron chi connectivity index (χ1n) is 8.92. The molecule has 0 saturated carbocycles. The highest BCUT2D eigenvalue weighted by molar-refractivity contribution is 14.0. The Morgan fingerprint density at radius 2 is 1.85 bits per heavy atom. The molecule has 2 aromatic rings. The van der Waals surface area contributed by atoms with Gasteiger partial charge < -0.3 is 20.0 Å². The molecule has 0 radical (unpaired) electrons. The molecule has 6 nitrogen and oxygen atoms in total. The fourth-order valence-electron chi connectivity index (χ4n) is 2.59. The number of nitrogens with zero attached hydrogens (tertiary/aromatic N) is 3. The van der Waals surface area contributed by atoms with Gasteiger partial charge in [-0.3, -0.25) is 4.99 Å². The quantitative estimate of drug-likeness (QED) is 0.372. The molecule has 0 spiro atoms. The van der Waals surface area contributed by atoms with Crippen molar-refractivity contribution in [2.75, 3.05) is 27.7 Å². The molecule has 0 fully saturated rings. The van der Waals surface area contributed by atoms with Gasteiger partial charge in [-0.25, -0.2) is 4.98 Å². The van der Waals surface area contributed by atoms with Crippen molar-refractivity contribution in [1.29, 1.82) is 0 Å². The fraction of sp³-hybridized carbons (Fsp3) is 0.500. The van der Waals surface area contributed by atoms with E-state index in [0.717, 1.165) is 18.3 Å². The average Bonchev–Trinajstić information content (AvgIpc) is 3.08. The number of aromatic nitrogens is 1. The summed E-state index contributed by atoms with van der Waals surface area (Å²) in [4.78, 5) is 10.8. The fourth-order valence-corrected chi connectivity index (χ4v) is 2.59. The Kier molecular flexibility index (Phi) is 9.25. The van der Waals surface area contributed by atoms with Gasteiger partial charge in [-0.05, 0) is 19.7 Å². The van der Waals surface area contributed by atoms with E-state index in [2.05, 4.69) is 84.6 Å². The second kappa shape index (κ2) is 10.7. The van der Waals surface area contributed by atoms with Crippen LogP contribution in [0.2, 0.25) is 0 Å². The predicted octanol–water partition coefficient (Wildman–Crippen LogP) is 3.56. The van der Waals surface area contributed by atoms with Gasteiger partial charge in [-0.1, -0.05) is 51.1 Å². The SMILES string of the molecule is CN=C(NCc1ncc(C(C)(C)C)o1)NCC(c1ccccc1)N(C)C.I. The molecule has 0 bridgehead atoms. The summed E-state index contributed by atoms with van der Waals surface area (Å²) in [6, 6.07) is 10.7. The van der Waals surface area contributed by atoms with Crippen molar-refractivity contribution in [2.24, 2.45) is 4.99 Å². The van der Waals surface area contributed by atoms with E-state index in [-0.39, 0.29) is 35.4 Å². The number of rotatable bonds is 6. The second-order valence-electron chi connectivity index (χ2n) is 7.57. The molecule has 1 atom stereocenters. The Labute approximate surface area is 179 Å². The van der Waals surface area contributed by atoms with Gasteiger partial charge in [0, 0.05) is 19.0 Å². The normalized spacial score (nSPS) is 13.2. The molecule has 1 heterocycles. The molecule has 150 valence electrons. The highest BCUT2D eigenvalue weighted by Gasteiger charge is 2.19. The van der Waals surface area contributed by atoms with Crippen molar-refractivity contribution < 1.29 is 4.42 Å². The summed E-state index contributed by atoms with van der Waals surface area (Å²) in [5.41, 5.74) is 1.22. The lowest BCUT2D eigenvalue weighted by Gasteiger charge is -2.26. The highest BCUT2D eigenvalue weighted by atomic mass is 127. The standard InChI is InChI=1S/C20H31N5O.HI/c1-20(2,3)17-13-22-18(26-17)14-24-19(21-4)23-12-16(25(5)6)15-10-8-7-9-11-15;/h7-11,13,16H,12,14H2,1-6H3,(H2,21,23,24);1H. The summed E-state index contributed by atoms with van der Waals surface area (Å²) < 4.78 is 5.81. The number of oxazole rings is 1. The molecule has 1 aromatic heterocycles. The third-order valence-electron chi connectivity index (χ3n) is 4.19. The van der Waals surface area contributed by atoms with Gasteiger partial charge in [0.2, 0.25) is 5.89 Å². The smallest absolute Gasteiger partial charge is 0.213 e. The van der Waals surface area contributed by atoms with E-state index in [0.29, 0.717) is 12.4 Å². The molecule has 0 saturated heterocycles. The lowest BCUT2D eigenvalue weighted by molar-refractivity contribution is 0.298. The Morgan fingerprint density at radius 3 is 2.37 bits per heavy atom. The Bertz CT molecular complexity index is 707. The number of benzene rings is 1. The zero-order chi connectivity index (χ0) is 19.2. The van der Waals surface area contributed by atoms with Gasteiger partial charge in [0.15, 0.2) is 5.96 Å². The first-order chi connectivity index (χ1) is 12.3. The molecule has 7 heteroatoms. The minimum Gasteiger partial charge on any atom is -0.443 e. The third kappa shape index (κ3) is 7.14. The third-order valence-corrected chi connectivity index (χ3v) is 4.19. The summed E-state index contributed by atoms with van der Waals surface area (Å²) in [6.45, 7) is 7.56. The maximum absolute atomic E-state index is 5.81. The van der Waals surface area contributed by atoms with E-state index in [1.165, 1.54) is 5.56 Å². The number of guanidine groups is 1. The molecule has 27 heavy (non-hydrogen) atoms. The van der Waals surface area contributed by atoms with E-state index < -0.39 is 0 Å². The largest absolute Gasteiger partial charge is 0.443 e. The van der Waals surface area contributed by atoms with Crippen molar-refractivity contribution >= 4 is 29.9 Å².